The number of halogens is 3. The van der Waals surface area contributed by atoms with Crippen LogP contribution >= 0.6 is 0 Å². The molecule has 0 unspecified atom stereocenters. The lowest BCUT2D eigenvalue weighted by Gasteiger charge is -2.39. The van der Waals surface area contributed by atoms with Gasteiger partial charge in [-0.25, -0.2) is 13.2 Å². The van der Waals surface area contributed by atoms with Gasteiger partial charge in [-0.1, -0.05) is 12.0 Å². The van der Waals surface area contributed by atoms with Gasteiger partial charge in [0.15, 0.2) is 5.82 Å². The number of pyridine rings is 1. The molecule has 1 N–H and O–H groups in total. The van der Waals surface area contributed by atoms with E-state index >= 15 is 4.39 Å². The molecule has 4 aromatic rings. The predicted octanol–water partition coefficient (Wildman–Crippen LogP) is 4.60. The fourth-order valence-corrected chi connectivity index (χ4v) is 6.68. The van der Waals surface area contributed by atoms with E-state index in [1.165, 1.54) is 30.5 Å². The van der Waals surface area contributed by atoms with Gasteiger partial charge in [0.25, 0.3) is 0 Å². The van der Waals surface area contributed by atoms with Crippen molar-refractivity contribution in [2.75, 3.05) is 44.8 Å². The molecule has 216 valence electrons. The Morgan fingerprint density at radius 1 is 1.19 bits per heavy atom. The number of aromatic nitrogens is 3. The van der Waals surface area contributed by atoms with Gasteiger partial charge in [-0.05, 0) is 43.0 Å². The molecular formula is C31H28F3N5O3. The number of hydrogen-bond acceptors (Lipinski definition) is 8. The zero-order valence-corrected chi connectivity index (χ0v) is 22.9. The molecule has 7 rings (SSSR count). The second-order valence-electron chi connectivity index (χ2n) is 11.3. The number of ether oxygens (including phenoxy) is 2. The van der Waals surface area contributed by atoms with E-state index in [0.29, 0.717) is 42.6 Å². The van der Waals surface area contributed by atoms with Gasteiger partial charge < -0.3 is 19.5 Å². The van der Waals surface area contributed by atoms with E-state index in [1.807, 2.05) is 4.90 Å². The largest absolute Gasteiger partial charge is 0.508 e. The summed E-state index contributed by atoms with van der Waals surface area (Å²) >= 11 is 0. The summed E-state index contributed by atoms with van der Waals surface area (Å²) in [5.41, 5.74) is -0.579. The Morgan fingerprint density at radius 3 is 2.81 bits per heavy atom. The second kappa shape index (κ2) is 10.00. The maximum absolute atomic E-state index is 16.5. The van der Waals surface area contributed by atoms with Gasteiger partial charge in [-0.2, -0.15) is 9.97 Å². The van der Waals surface area contributed by atoms with Crippen LogP contribution in [0.3, 0.4) is 0 Å². The molecule has 0 amide bonds. The first-order valence-electron chi connectivity index (χ1n) is 13.9. The maximum Gasteiger partial charge on any atom is 0.319 e. The average molecular weight is 576 g/mol. The zero-order valence-electron chi connectivity index (χ0n) is 22.9. The number of alkyl halides is 1. The summed E-state index contributed by atoms with van der Waals surface area (Å²) in [6.45, 7) is 2.44. The van der Waals surface area contributed by atoms with Crippen molar-refractivity contribution in [3.63, 3.8) is 0 Å². The summed E-state index contributed by atoms with van der Waals surface area (Å²) in [5, 5.41) is 11.5. The molecule has 0 aliphatic carbocycles. The Hall–Kier alpha value is -4.14. The minimum atomic E-state index is -0.921. The summed E-state index contributed by atoms with van der Waals surface area (Å²) < 4.78 is 57.1. The number of rotatable bonds is 6. The third-order valence-corrected chi connectivity index (χ3v) is 8.81. The van der Waals surface area contributed by atoms with E-state index < -0.39 is 23.3 Å². The van der Waals surface area contributed by atoms with Crippen molar-refractivity contribution >= 4 is 27.5 Å². The Labute approximate surface area is 240 Å². The third-order valence-electron chi connectivity index (χ3n) is 8.81. The number of methoxy groups -OCH3 is 1. The molecule has 3 saturated heterocycles. The highest BCUT2D eigenvalue weighted by atomic mass is 19.1. The normalized spacial score (nSPS) is 22.5. The minimum Gasteiger partial charge on any atom is -0.508 e. The van der Waals surface area contributed by atoms with Crippen LogP contribution in [0.5, 0.6) is 11.8 Å². The van der Waals surface area contributed by atoms with Crippen LogP contribution in [0.15, 0.2) is 30.5 Å². The van der Waals surface area contributed by atoms with E-state index in [2.05, 4.69) is 25.8 Å². The fourth-order valence-electron chi connectivity index (χ4n) is 6.68. The molecule has 2 aromatic heterocycles. The van der Waals surface area contributed by atoms with Crippen LogP contribution in [0, 0.1) is 24.0 Å². The zero-order chi connectivity index (χ0) is 29.2. The first kappa shape index (κ1) is 26.7. The number of phenolic OH excluding ortho intramolecular Hbond substituents is 1. The van der Waals surface area contributed by atoms with Crippen LogP contribution in [0.2, 0.25) is 0 Å². The van der Waals surface area contributed by atoms with Crippen molar-refractivity contribution in [1.29, 1.82) is 0 Å². The van der Waals surface area contributed by atoms with Crippen LogP contribution in [-0.2, 0) is 4.74 Å². The molecule has 0 saturated carbocycles. The average Bonchev–Trinajstić information content (AvgIpc) is 3.47. The number of phenols is 1. The van der Waals surface area contributed by atoms with Gasteiger partial charge in [-0.15, -0.1) is 6.42 Å². The Morgan fingerprint density at radius 2 is 2.02 bits per heavy atom. The molecule has 8 nitrogen and oxygen atoms in total. The molecule has 0 radical (unpaired) electrons. The maximum atomic E-state index is 16.5. The topological polar surface area (TPSA) is 83.8 Å². The van der Waals surface area contributed by atoms with Crippen molar-refractivity contribution in [1.82, 2.24) is 19.9 Å². The first-order valence-corrected chi connectivity index (χ1v) is 13.9. The first-order chi connectivity index (χ1) is 20.3. The molecule has 3 fully saturated rings. The molecule has 2 aromatic carbocycles. The highest BCUT2D eigenvalue weighted by molar-refractivity contribution is 6.03. The Bertz CT molecular complexity index is 1770. The molecule has 3 aliphatic heterocycles. The fraction of sp³-hybridized carbons (Fsp3) is 0.387. The van der Waals surface area contributed by atoms with Crippen molar-refractivity contribution in [3.8, 4) is 35.4 Å². The second-order valence-corrected chi connectivity index (χ2v) is 11.3. The van der Waals surface area contributed by atoms with Crippen LogP contribution in [0.1, 0.15) is 24.8 Å². The quantitative estimate of drug-likeness (QED) is 0.334. The molecule has 3 aliphatic rings. The summed E-state index contributed by atoms with van der Waals surface area (Å²) in [6.07, 6.45) is 8.29. The van der Waals surface area contributed by atoms with Crippen molar-refractivity contribution < 1.29 is 27.8 Å². The van der Waals surface area contributed by atoms with Crippen LogP contribution < -0.4 is 9.64 Å². The molecule has 0 bridgehead atoms. The van der Waals surface area contributed by atoms with Gasteiger partial charge in [0.05, 0.1) is 22.6 Å². The van der Waals surface area contributed by atoms with Gasteiger partial charge >= 0.3 is 6.01 Å². The van der Waals surface area contributed by atoms with Crippen LogP contribution in [-0.4, -0.2) is 82.7 Å². The van der Waals surface area contributed by atoms with E-state index in [4.69, 9.17) is 15.9 Å². The summed E-state index contributed by atoms with van der Waals surface area (Å²) in [5.74, 6) is 1.18. The van der Waals surface area contributed by atoms with E-state index in [1.54, 1.807) is 7.11 Å². The lowest BCUT2D eigenvalue weighted by Crippen LogP contribution is -2.52. The molecular weight excluding hydrogens is 547 g/mol. The van der Waals surface area contributed by atoms with Crippen LogP contribution in [0.25, 0.3) is 32.9 Å². The Kier molecular flexibility index (Phi) is 6.36. The number of aromatic hydroxyl groups is 1. The van der Waals surface area contributed by atoms with E-state index in [9.17, 15) is 13.9 Å². The number of terminal acetylenes is 1. The molecule has 0 spiro atoms. The predicted molar refractivity (Wildman–Crippen MR) is 151 cm³/mol. The molecule has 11 heteroatoms. The third kappa shape index (κ3) is 4.20. The monoisotopic (exact) mass is 575 g/mol. The van der Waals surface area contributed by atoms with Gasteiger partial charge in [0.2, 0.25) is 0 Å². The summed E-state index contributed by atoms with van der Waals surface area (Å²) in [6, 6.07) is 5.37. The number of anilines is 1. The van der Waals surface area contributed by atoms with E-state index in [0.717, 1.165) is 19.4 Å². The van der Waals surface area contributed by atoms with Crippen molar-refractivity contribution in [2.24, 2.45) is 0 Å². The van der Waals surface area contributed by atoms with E-state index in [-0.39, 0.29) is 52.2 Å². The number of benzene rings is 2. The lowest BCUT2D eigenvalue weighted by molar-refractivity contribution is 0.0781. The molecule has 42 heavy (non-hydrogen) atoms. The highest BCUT2D eigenvalue weighted by Crippen LogP contribution is 2.42. The SMILES string of the molecule is C#Cc1c(F)ccc2cc(O)cc(-c3ncc4c(N5CC(OC)C5)nc(OC[C@@]56CCCN5C[C@H](F)C6)nc4c3F)c12. The van der Waals surface area contributed by atoms with Crippen molar-refractivity contribution in [3.05, 3.63) is 47.7 Å². The Balaban J connectivity index is 1.36. The number of nitrogens with zero attached hydrogens (tertiary/aromatic N) is 5. The minimum absolute atomic E-state index is 0.00175. The standard InChI is InChI=1S/C31H28F3N5O3/c1-3-21-24(33)6-5-17-9-19(40)10-22(25(17)21)27-26(34)28-23(12-35-27)29(38-14-20(15-38)41-2)37-30(36-28)42-16-31-7-4-8-39(31)13-18(32)11-31/h1,5-6,9-10,12,18,20,40H,4,7-8,11,13-16H2,2H3/t18-,31+/m1/s1. The smallest absolute Gasteiger partial charge is 0.319 e. The highest BCUT2D eigenvalue weighted by Gasteiger charge is 2.49. The van der Waals surface area contributed by atoms with Crippen molar-refractivity contribution in [2.45, 2.75) is 37.1 Å². The molecule has 5 heterocycles. The number of hydrogen-bond donors (Lipinski definition) is 1. The summed E-state index contributed by atoms with van der Waals surface area (Å²) in [4.78, 5) is 17.5. The molecule has 2 atom stereocenters. The number of fused-ring (bicyclic) bond motifs is 3. The van der Waals surface area contributed by atoms with Gasteiger partial charge in [0, 0.05) is 50.3 Å². The lowest BCUT2D eigenvalue weighted by atomic mass is 9.95. The van der Waals surface area contributed by atoms with Gasteiger partial charge in [-0.3, -0.25) is 9.88 Å². The van der Waals surface area contributed by atoms with Crippen LogP contribution in [0.4, 0.5) is 19.0 Å². The van der Waals surface area contributed by atoms with Gasteiger partial charge in [0.1, 0.15) is 41.4 Å². The summed E-state index contributed by atoms with van der Waals surface area (Å²) in [7, 11) is 1.63.